The average molecular weight is 407 g/mol. The van der Waals surface area contributed by atoms with E-state index in [0.717, 1.165) is 38.6 Å². The quantitative estimate of drug-likeness (QED) is 0.462. The van der Waals surface area contributed by atoms with E-state index < -0.39 is 0 Å². The largest absolute Gasteiger partial charge is 0.491 e. The van der Waals surface area contributed by atoms with Crippen LogP contribution in [0.4, 0.5) is 0 Å². The van der Waals surface area contributed by atoms with E-state index in [2.05, 4.69) is 20.3 Å². The number of rotatable bonds is 2. The number of H-pyrrole nitrogens is 1. The number of hydrogen-bond donors (Lipinski definition) is 2. The number of aromatic amines is 1. The topological polar surface area (TPSA) is 92.8 Å². The normalized spacial score (nSPS) is 13.5. The molecular weight excluding hydrogens is 390 g/mol. The molecule has 1 aliphatic heterocycles. The monoisotopic (exact) mass is 407 g/mol. The SMILES string of the molecule is O=C1NCCOc2cc(-c3c[nH]c4nc(-c5ccc6ncccc6c5)ncc34)ccc21. The van der Waals surface area contributed by atoms with Crippen molar-refractivity contribution in [1.82, 2.24) is 25.3 Å². The maximum Gasteiger partial charge on any atom is 0.255 e. The lowest BCUT2D eigenvalue weighted by molar-refractivity contribution is 0.0957. The standard InChI is InChI=1S/C24H17N5O2/c30-24-17-5-3-14(11-21(17)31-9-8-26-24)18-12-28-23-19(18)13-27-22(29-23)16-4-6-20-15(10-16)2-1-7-25-20/h1-7,10-13H,8-9H2,(H,26,30)(H,27,28,29). The van der Waals surface area contributed by atoms with E-state index >= 15 is 0 Å². The zero-order valence-electron chi connectivity index (χ0n) is 16.4. The predicted octanol–water partition coefficient (Wildman–Crippen LogP) is 3.96. The Balaban J connectivity index is 1.41. The van der Waals surface area contributed by atoms with Gasteiger partial charge < -0.3 is 15.0 Å². The van der Waals surface area contributed by atoms with Crippen LogP contribution < -0.4 is 10.1 Å². The van der Waals surface area contributed by atoms with Crippen molar-refractivity contribution in [3.63, 3.8) is 0 Å². The summed E-state index contributed by atoms with van der Waals surface area (Å²) in [6, 6.07) is 15.6. The van der Waals surface area contributed by atoms with Crippen molar-refractivity contribution in [2.24, 2.45) is 0 Å². The van der Waals surface area contributed by atoms with Crippen LogP contribution in [0.15, 0.2) is 67.1 Å². The summed E-state index contributed by atoms with van der Waals surface area (Å²) < 4.78 is 5.75. The van der Waals surface area contributed by atoms with Crippen molar-refractivity contribution in [1.29, 1.82) is 0 Å². The van der Waals surface area contributed by atoms with Gasteiger partial charge in [0.25, 0.3) is 5.91 Å². The molecule has 2 aromatic carbocycles. The molecule has 1 amide bonds. The molecule has 150 valence electrons. The molecule has 2 N–H and O–H groups in total. The minimum atomic E-state index is -0.114. The zero-order valence-corrected chi connectivity index (χ0v) is 16.4. The Hall–Kier alpha value is -4.26. The van der Waals surface area contributed by atoms with E-state index in [9.17, 15) is 4.79 Å². The number of hydrogen-bond acceptors (Lipinski definition) is 5. The molecule has 0 unspecified atom stereocenters. The molecule has 0 fully saturated rings. The first kappa shape index (κ1) is 17.6. The minimum Gasteiger partial charge on any atom is -0.491 e. The van der Waals surface area contributed by atoms with Gasteiger partial charge in [0.15, 0.2) is 5.82 Å². The molecule has 7 nitrogen and oxygen atoms in total. The van der Waals surface area contributed by atoms with Gasteiger partial charge in [-0.1, -0.05) is 12.1 Å². The first-order chi connectivity index (χ1) is 15.3. The van der Waals surface area contributed by atoms with Crippen LogP contribution in [-0.4, -0.2) is 39.0 Å². The number of fused-ring (bicyclic) bond motifs is 3. The maximum absolute atomic E-state index is 12.1. The highest BCUT2D eigenvalue weighted by molar-refractivity contribution is 5.99. The summed E-state index contributed by atoms with van der Waals surface area (Å²) in [5.74, 6) is 1.12. The van der Waals surface area contributed by atoms with Gasteiger partial charge in [0.2, 0.25) is 0 Å². The molecular formula is C24H17N5O2. The fourth-order valence-corrected chi connectivity index (χ4v) is 3.92. The Morgan fingerprint density at radius 1 is 0.968 bits per heavy atom. The van der Waals surface area contributed by atoms with Crippen LogP contribution in [0, 0.1) is 0 Å². The Labute approximate surface area is 177 Å². The average Bonchev–Trinajstić information content (AvgIpc) is 3.15. The Morgan fingerprint density at radius 2 is 1.90 bits per heavy atom. The minimum absolute atomic E-state index is 0.114. The third kappa shape index (κ3) is 2.98. The maximum atomic E-state index is 12.1. The molecule has 4 heterocycles. The van der Waals surface area contributed by atoms with E-state index in [1.807, 2.05) is 54.9 Å². The van der Waals surface area contributed by atoms with E-state index in [1.54, 1.807) is 12.3 Å². The number of nitrogens with zero attached hydrogens (tertiary/aromatic N) is 3. The number of amides is 1. The molecule has 1 aliphatic rings. The number of carbonyl (C=O) groups excluding carboxylic acids is 1. The van der Waals surface area contributed by atoms with E-state index in [0.29, 0.717) is 30.3 Å². The van der Waals surface area contributed by atoms with Crippen LogP contribution >= 0.6 is 0 Å². The fourth-order valence-electron chi connectivity index (χ4n) is 3.92. The van der Waals surface area contributed by atoms with Gasteiger partial charge in [0, 0.05) is 40.5 Å². The second kappa shape index (κ2) is 6.91. The predicted molar refractivity (Wildman–Crippen MR) is 118 cm³/mol. The van der Waals surface area contributed by atoms with Crippen LogP contribution in [0.1, 0.15) is 10.4 Å². The lowest BCUT2D eigenvalue weighted by atomic mass is 10.0. The molecule has 0 bridgehead atoms. The second-order valence-electron chi connectivity index (χ2n) is 7.38. The molecule has 0 saturated heterocycles. The van der Waals surface area contributed by atoms with E-state index in [-0.39, 0.29) is 5.91 Å². The molecule has 0 saturated carbocycles. The molecule has 0 aliphatic carbocycles. The highest BCUT2D eigenvalue weighted by atomic mass is 16.5. The van der Waals surface area contributed by atoms with Gasteiger partial charge in [-0.05, 0) is 42.0 Å². The van der Waals surface area contributed by atoms with Crippen molar-refractivity contribution < 1.29 is 9.53 Å². The van der Waals surface area contributed by atoms with Crippen LogP contribution in [0.5, 0.6) is 5.75 Å². The van der Waals surface area contributed by atoms with Crippen LogP contribution in [0.2, 0.25) is 0 Å². The first-order valence-electron chi connectivity index (χ1n) is 10.0. The first-order valence-corrected chi connectivity index (χ1v) is 10.0. The zero-order chi connectivity index (χ0) is 20.8. The van der Waals surface area contributed by atoms with Gasteiger partial charge >= 0.3 is 0 Å². The summed E-state index contributed by atoms with van der Waals surface area (Å²) in [6.07, 6.45) is 5.52. The molecule has 0 spiro atoms. The lowest BCUT2D eigenvalue weighted by Gasteiger charge is -2.08. The summed E-state index contributed by atoms with van der Waals surface area (Å²) in [5.41, 5.74) is 5.06. The fraction of sp³-hybridized carbons (Fsp3) is 0.0833. The van der Waals surface area contributed by atoms with Crippen molar-refractivity contribution in [3.8, 4) is 28.3 Å². The Bertz CT molecular complexity index is 1470. The van der Waals surface area contributed by atoms with Gasteiger partial charge in [-0.15, -0.1) is 0 Å². The molecule has 3 aromatic heterocycles. The summed E-state index contributed by atoms with van der Waals surface area (Å²) in [6.45, 7) is 0.946. The van der Waals surface area contributed by atoms with Crippen molar-refractivity contribution in [2.45, 2.75) is 0 Å². The van der Waals surface area contributed by atoms with Crippen LogP contribution in [-0.2, 0) is 0 Å². The smallest absolute Gasteiger partial charge is 0.255 e. The third-order valence-electron chi connectivity index (χ3n) is 5.48. The van der Waals surface area contributed by atoms with Gasteiger partial charge in [-0.3, -0.25) is 9.78 Å². The number of ether oxygens (including phenoxy) is 1. The second-order valence-corrected chi connectivity index (χ2v) is 7.38. The Kier molecular flexibility index (Phi) is 3.92. The Morgan fingerprint density at radius 3 is 2.87 bits per heavy atom. The van der Waals surface area contributed by atoms with Gasteiger partial charge in [-0.2, -0.15) is 0 Å². The molecule has 7 heteroatoms. The molecule has 0 atom stereocenters. The van der Waals surface area contributed by atoms with Crippen molar-refractivity contribution >= 4 is 27.8 Å². The van der Waals surface area contributed by atoms with Crippen LogP contribution in [0.25, 0.3) is 44.5 Å². The molecule has 31 heavy (non-hydrogen) atoms. The number of pyridine rings is 1. The van der Waals surface area contributed by atoms with E-state index in [4.69, 9.17) is 9.72 Å². The van der Waals surface area contributed by atoms with Crippen molar-refractivity contribution in [2.75, 3.05) is 13.2 Å². The summed E-state index contributed by atoms with van der Waals surface area (Å²) in [7, 11) is 0. The third-order valence-corrected chi connectivity index (χ3v) is 5.48. The van der Waals surface area contributed by atoms with Gasteiger partial charge in [0.1, 0.15) is 18.0 Å². The number of nitrogens with one attached hydrogen (secondary N) is 2. The lowest BCUT2D eigenvalue weighted by Crippen LogP contribution is -2.24. The summed E-state index contributed by atoms with van der Waals surface area (Å²) >= 11 is 0. The van der Waals surface area contributed by atoms with Crippen molar-refractivity contribution in [3.05, 3.63) is 72.7 Å². The summed E-state index contributed by atoms with van der Waals surface area (Å²) in [4.78, 5) is 29.1. The van der Waals surface area contributed by atoms with Crippen LogP contribution in [0.3, 0.4) is 0 Å². The van der Waals surface area contributed by atoms with E-state index in [1.165, 1.54) is 0 Å². The molecule has 0 radical (unpaired) electrons. The summed E-state index contributed by atoms with van der Waals surface area (Å²) in [5, 5.41) is 4.78. The van der Waals surface area contributed by atoms with Gasteiger partial charge in [0.05, 0.1) is 17.6 Å². The highest BCUT2D eigenvalue weighted by Crippen LogP contribution is 2.33. The van der Waals surface area contributed by atoms with Gasteiger partial charge in [-0.25, -0.2) is 9.97 Å². The molecule has 5 aromatic rings. The highest BCUT2D eigenvalue weighted by Gasteiger charge is 2.18. The number of aromatic nitrogens is 4. The number of carbonyl (C=O) groups is 1. The molecule has 6 rings (SSSR count). The number of benzene rings is 2.